The van der Waals surface area contributed by atoms with Crippen molar-refractivity contribution in [2.75, 3.05) is 13.1 Å². The summed E-state index contributed by atoms with van der Waals surface area (Å²) in [6.07, 6.45) is 2.31. The second-order valence-corrected chi connectivity index (χ2v) is 6.83. The van der Waals surface area contributed by atoms with Crippen LogP contribution in [-0.4, -0.2) is 41.1 Å². The van der Waals surface area contributed by atoms with Crippen LogP contribution in [0.1, 0.15) is 30.3 Å². The van der Waals surface area contributed by atoms with Crippen molar-refractivity contribution >= 4 is 5.91 Å². The molecule has 2 N–H and O–H groups in total. The van der Waals surface area contributed by atoms with Crippen molar-refractivity contribution in [2.45, 2.75) is 31.8 Å². The molecular formula is C19H22N2O3. The highest BCUT2D eigenvalue weighted by Crippen LogP contribution is 2.32. The first-order chi connectivity index (χ1) is 11.6. The molecule has 0 radical (unpaired) electrons. The van der Waals surface area contributed by atoms with Gasteiger partial charge in [-0.3, -0.25) is 9.69 Å². The number of phenols is 1. The highest BCUT2D eigenvalue weighted by Gasteiger charge is 2.40. The molecule has 5 heteroatoms. The number of fused-ring (bicyclic) bond motifs is 3. The fourth-order valence-electron chi connectivity index (χ4n) is 4.04. The van der Waals surface area contributed by atoms with E-state index in [-0.39, 0.29) is 17.7 Å². The van der Waals surface area contributed by atoms with Crippen LogP contribution in [0.3, 0.4) is 0 Å². The maximum Gasteiger partial charge on any atom is 0.287 e. The number of rotatable bonds is 3. The number of amides is 1. The maximum absolute atomic E-state index is 12.6. The molecule has 0 aliphatic carbocycles. The Kier molecular flexibility index (Phi) is 3.81. The zero-order chi connectivity index (χ0) is 16.7. The molecule has 2 bridgehead atoms. The van der Waals surface area contributed by atoms with Gasteiger partial charge in [0.2, 0.25) is 0 Å². The van der Waals surface area contributed by atoms with Crippen LogP contribution in [0.2, 0.25) is 0 Å². The first kappa shape index (κ1) is 15.3. The summed E-state index contributed by atoms with van der Waals surface area (Å²) in [6, 6.07) is 10.9. The van der Waals surface area contributed by atoms with Gasteiger partial charge >= 0.3 is 0 Å². The van der Waals surface area contributed by atoms with Crippen LogP contribution in [0, 0.1) is 5.92 Å². The Bertz CT molecular complexity index is 745. The summed E-state index contributed by atoms with van der Waals surface area (Å²) >= 11 is 0. The van der Waals surface area contributed by atoms with Gasteiger partial charge < -0.3 is 14.8 Å². The van der Waals surface area contributed by atoms with Gasteiger partial charge in [0, 0.05) is 17.6 Å². The number of phenolic OH excluding ortho intramolecular Hbond substituents is 1. The largest absolute Gasteiger partial charge is 0.508 e. The smallest absolute Gasteiger partial charge is 0.287 e. The minimum Gasteiger partial charge on any atom is -0.508 e. The number of nitrogens with one attached hydrogen (secondary N) is 1. The SMILES string of the molecule is C[C@H]1[C@H](NC(=O)c2ccc(-c3cccc(O)c3)o2)C2CCN1CC2. The van der Waals surface area contributed by atoms with Gasteiger partial charge in [-0.2, -0.15) is 0 Å². The lowest BCUT2D eigenvalue weighted by Gasteiger charge is -2.49. The Labute approximate surface area is 141 Å². The summed E-state index contributed by atoms with van der Waals surface area (Å²) in [6.45, 7) is 4.47. The van der Waals surface area contributed by atoms with E-state index in [1.807, 2.05) is 6.07 Å². The van der Waals surface area contributed by atoms with Crippen molar-refractivity contribution < 1.29 is 14.3 Å². The minimum atomic E-state index is -0.160. The number of hydrogen-bond donors (Lipinski definition) is 2. The van der Waals surface area contributed by atoms with E-state index in [1.54, 1.807) is 30.3 Å². The molecule has 2 atom stereocenters. The highest BCUT2D eigenvalue weighted by atomic mass is 16.4. The Morgan fingerprint density at radius 3 is 2.75 bits per heavy atom. The van der Waals surface area contributed by atoms with Crippen LogP contribution in [0.15, 0.2) is 40.8 Å². The van der Waals surface area contributed by atoms with Crippen molar-refractivity contribution in [1.82, 2.24) is 10.2 Å². The van der Waals surface area contributed by atoms with E-state index < -0.39 is 0 Å². The number of carbonyl (C=O) groups excluding carboxylic acids is 1. The van der Waals surface area contributed by atoms with Gasteiger partial charge in [0.25, 0.3) is 5.91 Å². The summed E-state index contributed by atoms with van der Waals surface area (Å²) in [4.78, 5) is 15.0. The topological polar surface area (TPSA) is 65.7 Å². The number of furan rings is 1. The lowest BCUT2D eigenvalue weighted by molar-refractivity contribution is 0.0211. The fourth-order valence-corrected chi connectivity index (χ4v) is 4.04. The molecule has 1 amide bonds. The standard InChI is InChI=1S/C19H22N2O3/c1-12-18(13-7-9-21(12)10-8-13)20-19(23)17-6-5-16(24-17)14-3-2-4-15(22)11-14/h2-6,11-13,18,22H,7-10H2,1H3,(H,20,23)/t12-,18-/m0/s1. The van der Waals surface area contributed by atoms with Gasteiger partial charge in [-0.1, -0.05) is 12.1 Å². The van der Waals surface area contributed by atoms with E-state index in [1.165, 1.54) is 0 Å². The van der Waals surface area contributed by atoms with Gasteiger partial charge in [0.1, 0.15) is 11.5 Å². The molecule has 5 rings (SSSR count). The number of hydrogen-bond acceptors (Lipinski definition) is 4. The van der Waals surface area contributed by atoms with Crippen molar-refractivity contribution in [3.8, 4) is 17.1 Å². The van der Waals surface area contributed by atoms with Crippen LogP contribution < -0.4 is 5.32 Å². The number of aromatic hydroxyl groups is 1. The summed E-state index contributed by atoms with van der Waals surface area (Å²) in [5.41, 5.74) is 0.755. The van der Waals surface area contributed by atoms with Crippen LogP contribution in [0.4, 0.5) is 0 Å². The van der Waals surface area contributed by atoms with Gasteiger partial charge in [-0.25, -0.2) is 0 Å². The molecule has 1 aromatic carbocycles. The normalized spacial score (nSPS) is 28.7. The minimum absolute atomic E-state index is 0.160. The van der Waals surface area contributed by atoms with E-state index >= 15 is 0 Å². The summed E-state index contributed by atoms with van der Waals surface area (Å²) in [5.74, 6) is 1.48. The average molecular weight is 326 g/mol. The van der Waals surface area contributed by atoms with Crippen LogP contribution in [-0.2, 0) is 0 Å². The van der Waals surface area contributed by atoms with Crippen molar-refractivity contribution in [2.24, 2.45) is 5.92 Å². The van der Waals surface area contributed by atoms with Crippen molar-refractivity contribution in [3.05, 3.63) is 42.2 Å². The van der Waals surface area contributed by atoms with Gasteiger partial charge in [-0.15, -0.1) is 0 Å². The molecule has 3 fully saturated rings. The Hall–Kier alpha value is -2.27. The summed E-state index contributed by atoms with van der Waals surface area (Å²) in [7, 11) is 0. The van der Waals surface area contributed by atoms with Crippen LogP contribution in [0.5, 0.6) is 5.75 Å². The van der Waals surface area contributed by atoms with Gasteiger partial charge in [-0.05, 0) is 63.0 Å². The lowest BCUT2D eigenvalue weighted by atomic mass is 9.79. The van der Waals surface area contributed by atoms with E-state index in [2.05, 4.69) is 17.1 Å². The lowest BCUT2D eigenvalue weighted by Crippen LogP contribution is -2.62. The molecule has 5 nitrogen and oxygen atoms in total. The third-order valence-corrected chi connectivity index (χ3v) is 5.44. The van der Waals surface area contributed by atoms with Crippen molar-refractivity contribution in [1.29, 1.82) is 0 Å². The predicted molar refractivity (Wildman–Crippen MR) is 90.8 cm³/mol. The maximum atomic E-state index is 12.6. The summed E-state index contributed by atoms with van der Waals surface area (Å²) < 4.78 is 5.71. The Morgan fingerprint density at radius 2 is 2.04 bits per heavy atom. The first-order valence-electron chi connectivity index (χ1n) is 8.56. The average Bonchev–Trinajstić information content (AvgIpc) is 3.09. The molecule has 4 heterocycles. The molecule has 0 unspecified atom stereocenters. The zero-order valence-electron chi connectivity index (χ0n) is 13.7. The molecular weight excluding hydrogens is 304 g/mol. The van der Waals surface area contributed by atoms with Crippen molar-refractivity contribution in [3.63, 3.8) is 0 Å². The molecule has 3 aliphatic heterocycles. The fraction of sp³-hybridized carbons (Fsp3) is 0.421. The van der Waals surface area contributed by atoms with Crippen LogP contribution in [0.25, 0.3) is 11.3 Å². The molecule has 2 aromatic rings. The third kappa shape index (κ3) is 2.69. The molecule has 0 spiro atoms. The molecule has 126 valence electrons. The van der Waals surface area contributed by atoms with Gasteiger partial charge in [0.05, 0.1) is 0 Å². The Morgan fingerprint density at radius 1 is 1.25 bits per heavy atom. The van der Waals surface area contributed by atoms with E-state index in [0.29, 0.717) is 23.5 Å². The molecule has 3 aliphatic rings. The third-order valence-electron chi connectivity index (χ3n) is 5.44. The number of carbonyl (C=O) groups is 1. The number of nitrogens with zero attached hydrogens (tertiary/aromatic N) is 1. The predicted octanol–water partition coefficient (Wildman–Crippen LogP) is 2.86. The Balaban J connectivity index is 1.49. The second-order valence-electron chi connectivity index (χ2n) is 6.83. The number of benzene rings is 1. The molecule has 3 saturated heterocycles. The van der Waals surface area contributed by atoms with Crippen LogP contribution >= 0.6 is 0 Å². The number of piperidine rings is 3. The zero-order valence-corrected chi connectivity index (χ0v) is 13.7. The monoisotopic (exact) mass is 326 g/mol. The van der Waals surface area contributed by atoms with E-state index in [0.717, 1.165) is 31.5 Å². The quantitative estimate of drug-likeness (QED) is 0.910. The first-order valence-corrected chi connectivity index (χ1v) is 8.56. The highest BCUT2D eigenvalue weighted by molar-refractivity contribution is 5.92. The molecule has 0 saturated carbocycles. The van der Waals surface area contributed by atoms with E-state index in [4.69, 9.17) is 4.42 Å². The molecule has 1 aromatic heterocycles. The second kappa shape index (κ2) is 5.98. The molecule has 24 heavy (non-hydrogen) atoms. The van der Waals surface area contributed by atoms with E-state index in [9.17, 15) is 9.90 Å². The summed E-state index contributed by atoms with van der Waals surface area (Å²) in [5, 5.41) is 12.7. The van der Waals surface area contributed by atoms with Gasteiger partial charge in [0.15, 0.2) is 5.76 Å².